The van der Waals surface area contributed by atoms with Crippen molar-refractivity contribution in [3.8, 4) is 0 Å². The van der Waals surface area contributed by atoms with Gasteiger partial charge in [0, 0.05) is 25.0 Å². The fourth-order valence-electron chi connectivity index (χ4n) is 5.29. The van der Waals surface area contributed by atoms with Crippen LogP contribution in [0.2, 0.25) is 0 Å². The fourth-order valence-corrected chi connectivity index (χ4v) is 6.42. The van der Waals surface area contributed by atoms with Crippen molar-refractivity contribution in [3.63, 3.8) is 0 Å². The molecule has 2 saturated carbocycles. The monoisotopic (exact) mass is 356 g/mol. The Kier molecular flexibility index (Phi) is 4.53. The van der Waals surface area contributed by atoms with Gasteiger partial charge < -0.3 is 5.32 Å². The molecule has 2 aliphatic carbocycles. The Hall–Kier alpha value is -0.620. The number of nitrogens with one attached hydrogen (secondary N) is 1. The summed E-state index contributed by atoms with van der Waals surface area (Å²) in [6.45, 7) is 9.66. The second kappa shape index (κ2) is 5.97. The number of hydrogen-bond donors (Lipinski definition) is 1. The first-order valence-electron chi connectivity index (χ1n) is 9.40. The largest absolute Gasteiger partial charge is 0.353 e. The number of carbonyl (C=O) groups is 1. The number of fused-ring (bicyclic) bond motifs is 2. The lowest BCUT2D eigenvalue weighted by atomic mass is 9.69. The molecule has 138 valence electrons. The van der Waals surface area contributed by atoms with E-state index in [9.17, 15) is 13.2 Å². The number of hydrogen-bond acceptors (Lipinski definition) is 3. The second-order valence-electron chi connectivity index (χ2n) is 8.75. The first-order valence-corrected chi connectivity index (χ1v) is 11.0. The van der Waals surface area contributed by atoms with Gasteiger partial charge in [-0.15, -0.1) is 0 Å². The van der Waals surface area contributed by atoms with Crippen LogP contribution in [0.4, 0.5) is 0 Å². The molecule has 3 aliphatic rings. The van der Waals surface area contributed by atoms with Crippen molar-refractivity contribution in [2.75, 3.05) is 18.8 Å². The molecule has 2 bridgehead atoms. The van der Waals surface area contributed by atoms with Crippen LogP contribution >= 0.6 is 0 Å². The van der Waals surface area contributed by atoms with Gasteiger partial charge in [0.1, 0.15) is 0 Å². The predicted molar refractivity (Wildman–Crippen MR) is 94.9 cm³/mol. The molecule has 1 aliphatic heterocycles. The van der Waals surface area contributed by atoms with Crippen LogP contribution in [-0.2, 0) is 14.8 Å². The Morgan fingerprint density at radius 3 is 2.25 bits per heavy atom. The van der Waals surface area contributed by atoms with Gasteiger partial charge in [-0.3, -0.25) is 4.79 Å². The summed E-state index contributed by atoms with van der Waals surface area (Å²) in [4.78, 5) is 12.7. The van der Waals surface area contributed by atoms with Crippen LogP contribution in [0.3, 0.4) is 0 Å². The minimum absolute atomic E-state index is 0.0425. The van der Waals surface area contributed by atoms with Gasteiger partial charge in [0.2, 0.25) is 15.9 Å². The quantitative estimate of drug-likeness (QED) is 0.841. The zero-order valence-corrected chi connectivity index (χ0v) is 16.3. The van der Waals surface area contributed by atoms with Crippen LogP contribution in [0.1, 0.15) is 59.8 Å². The number of nitrogens with zero attached hydrogens (tertiary/aromatic N) is 1. The predicted octanol–water partition coefficient (Wildman–Crippen LogP) is 2.38. The third kappa shape index (κ3) is 2.70. The highest BCUT2D eigenvalue weighted by Gasteiger charge is 2.61. The molecule has 0 aromatic carbocycles. The molecule has 1 amide bonds. The van der Waals surface area contributed by atoms with Crippen LogP contribution in [0, 0.1) is 22.7 Å². The topological polar surface area (TPSA) is 66.5 Å². The molecule has 0 spiro atoms. The van der Waals surface area contributed by atoms with Gasteiger partial charge in [-0.2, -0.15) is 0 Å². The highest BCUT2D eigenvalue weighted by atomic mass is 32.2. The lowest BCUT2D eigenvalue weighted by Gasteiger charge is -2.40. The van der Waals surface area contributed by atoms with E-state index < -0.39 is 10.0 Å². The summed E-state index contributed by atoms with van der Waals surface area (Å²) in [6, 6.07) is 0.274. The lowest BCUT2D eigenvalue weighted by Crippen LogP contribution is -2.50. The van der Waals surface area contributed by atoms with Crippen LogP contribution in [0.25, 0.3) is 0 Å². The molecule has 0 aromatic rings. The van der Waals surface area contributed by atoms with Gasteiger partial charge in [0.15, 0.2) is 0 Å². The molecule has 1 saturated heterocycles. The fraction of sp³-hybridized carbons (Fsp3) is 0.944. The van der Waals surface area contributed by atoms with Crippen LogP contribution in [-0.4, -0.2) is 43.5 Å². The average Bonchev–Trinajstić information content (AvgIpc) is 2.88. The molecule has 3 fully saturated rings. The van der Waals surface area contributed by atoms with E-state index in [1.807, 2.05) is 0 Å². The maximum atomic E-state index is 12.7. The van der Waals surface area contributed by atoms with E-state index >= 15 is 0 Å². The Labute approximate surface area is 146 Å². The van der Waals surface area contributed by atoms with Crippen LogP contribution < -0.4 is 5.32 Å². The van der Waals surface area contributed by atoms with Gasteiger partial charge in [-0.05, 0) is 55.8 Å². The zero-order chi connectivity index (χ0) is 17.8. The van der Waals surface area contributed by atoms with Crippen molar-refractivity contribution >= 4 is 15.9 Å². The minimum atomic E-state index is -3.12. The van der Waals surface area contributed by atoms with E-state index in [0.29, 0.717) is 37.3 Å². The lowest BCUT2D eigenvalue weighted by molar-refractivity contribution is -0.127. The summed E-state index contributed by atoms with van der Waals surface area (Å²) < 4.78 is 25.4. The number of sulfonamides is 1. The van der Waals surface area contributed by atoms with Gasteiger partial charge in [0.25, 0.3) is 0 Å². The molecule has 3 unspecified atom stereocenters. The summed E-state index contributed by atoms with van der Waals surface area (Å²) in [5, 5.41) is 3.34. The molecule has 0 aromatic heterocycles. The smallest absolute Gasteiger partial charge is 0.223 e. The van der Waals surface area contributed by atoms with E-state index in [1.165, 1.54) is 12.8 Å². The van der Waals surface area contributed by atoms with Gasteiger partial charge in [0.05, 0.1) is 5.75 Å². The summed E-state index contributed by atoms with van der Waals surface area (Å²) in [5.74, 6) is 0.947. The van der Waals surface area contributed by atoms with Crippen LogP contribution in [0.5, 0.6) is 0 Å². The molecule has 24 heavy (non-hydrogen) atoms. The minimum Gasteiger partial charge on any atom is -0.353 e. The Morgan fingerprint density at radius 2 is 1.79 bits per heavy atom. The summed E-state index contributed by atoms with van der Waals surface area (Å²) in [6.07, 6.45) is 4.85. The zero-order valence-electron chi connectivity index (χ0n) is 15.5. The van der Waals surface area contributed by atoms with Crippen molar-refractivity contribution < 1.29 is 13.2 Å². The summed E-state index contributed by atoms with van der Waals surface area (Å²) in [5.41, 5.74) is 0.489. The number of carbonyl (C=O) groups excluding carboxylic acids is 1. The first kappa shape index (κ1) is 18.2. The van der Waals surface area contributed by atoms with Gasteiger partial charge in [-0.1, -0.05) is 20.8 Å². The van der Waals surface area contributed by atoms with E-state index in [-0.39, 0.29) is 29.0 Å². The average molecular weight is 357 g/mol. The van der Waals surface area contributed by atoms with E-state index in [2.05, 4.69) is 26.1 Å². The van der Waals surface area contributed by atoms with Crippen molar-refractivity contribution in [2.24, 2.45) is 22.7 Å². The van der Waals surface area contributed by atoms with E-state index in [1.54, 1.807) is 11.2 Å². The maximum Gasteiger partial charge on any atom is 0.223 e. The molecule has 1 heterocycles. The highest BCUT2D eigenvalue weighted by molar-refractivity contribution is 7.89. The molecule has 6 heteroatoms. The molecule has 3 atom stereocenters. The summed E-state index contributed by atoms with van der Waals surface area (Å²) >= 11 is 0. The summed E-state index contributed by atoms with van der Waals surface area (Å²) in [7, 11) is -3.12. The SMILES string of the molecule is CCS(=O)(=O)N1CCC(C(=O)NC2CC3CCC2(C)C3(C)C)CC1. The molecule has 3 rings (SSSR count). The third-order valence-electron chi connectivity index (χ3n) is 7.69. The van der Waals surface area contributed by atoms with Gasteiger partial charge in [-0.25, -0.2) is 12.7 Å². The number of amides is 1. The van der Waals surface area contributed by atoms with E-state index in [0.717, 1.165) is 6.42 Å². The second-order valence-corrected chi connectivity index (χ2v) is 11.0. The molecular formula is C18H32N2O3S. The first-order chi connectivity index (χ1) is 11.1. The molecule has 1 N–H and O–H groups in total. The maximum absolute atomic E-state index is 12.7. The Bertz CT molecular complexity index is 608. The standard InChI is InChI=1S/C18H32N2O3S/c1-5-24(22,23)20-10-7-13(8-11-20)16(21)19-15-12-14-6-9-18(15,4)17(14,2)3/h13-15H,5-12H2,1-4H3,(H,19,21). The van der Waals surface area contributed by atoms with Crippen molar-refractivity contribution in [1.82, 2.24) is 9.62 Å². The molecule has 0 radical (unpaired) electrons. The Morgan fingerprint density at radius 1 is 1.17 bits per heavy atom. The normalized spacial score (nSPS) is 36.8. The molecular weight excluding hydrogens is 324 g/mol. The molecule has 5 nitrogen and oxygen atoms in total. The third-order valence-corrected chi connectivity index (χ3v) is 9.57. The number of rotatable bonds is 4. The van der Waals surface area contributed by atoms with Gasteiger partial charge >= 0.3 is 0 Å². The van der Waals surface area contributed by atoms with Crippen LogP contribution in [0.15, 0.2) is 0 Å². The highest BCUT2D eigenvalue weighted by Crippen LogP contribution is 2.65. The van der Waals surface area contributed by atoms with E-state index in [4.69, 9.17) is 0 Å². The van der Waals surface area contributed by atoms with Crippen molar-refractivity contribution in [3.05, 3.63) is 0 Å². The van der Waals surface area contributed by atoms with Crippen molar-refractivity contribution in [2.45, 2.75) is 65.8 Å². The van der Waals surface area contributed by atoms with Crippen molar-refractivity contribution in [1.29, 1.82) is 0 Å². The number of piperidine rings is 1. The Balaban J connectivity index is 1.58.